The third-order valence-electron chi connectivity index (χ3n) is 3.23. The van der Waals surface area contributed by atoms with Crippen molar-refractivity contribution in [3.8, 4) is 6.07 Å². The molecule has 0 amide bonds. The first-order chi connectivity index (χ1) is 9.45. The van der Waals surface area contributed by atoms with Gasteiger partial charge in [0.25, 0.3) is 5.56 Å². The monoisotopic (exact) mass is 290 g/mol. The standard InChI is InChI=1S/C11H10N6O2S/c1-15-8-7(9(18)16(2)11(15)19)17-4-5(13)6(3-12)20-10(17)14-8/h4,13H2,1-2H3. The Labute approximate surface area is 116 Å². The maximum absolute atomic E-state index is 12.2. The van der Waals surface area contributed by atoms with E-state index in [0.717, 1.165) is 16.3 Å². The van der Waals surface area contributed by atoms with Crippen LogP contribution in [0.2, 0.25) is 0 Å². The Morgan fingerprint density at radius 3 is 2.70 bits per heavy atom. The number of allylic oxidation sites excluding steroid dienone is 2. The fourth-order valence-corrected chi connectivity index (χ4v) is 2.97. The molecular formula is C11H10N6O2S. The molecule has 2 N–H and O–H groups in total. The van der Waals surface area contributed by atoms with Crippen LogP contribution in [0.25, 0.3) is 11.2 Å². The van der Waals surface area contributed by atoms with Gasteiger partial charge < -0.3 is 10.3 Å². The summed E-state index contributed by atoms with van der Waals surface area (Å²) in [4.78, 5) is 28.8. The second kappa shape index (κ2) is 4.01. The first-order valence-corrected chi connectivity index (χ1v) is 6.50. The third kappa shape index (κ3) is 1.45. The van der Waals surface area contributed by atoms with Gasteiger partial charge in [0.2, 0.25) is 0 Å². The van der Waals surface area contributed by atoms with Crippen LogP contribution in [0.15, 0.2) is 25.3 Å². The average molecular weight is 290 g/mol. The molecule has 0 aliphatic carbocycles. The van der Waals surface area contributed by atoms with Crippen LogP contribution < -0.4 is 17.0 Å². The number of hydrogen-bond acceptors (Lipinski definition) is 6. The molecule has 1 aliphatic heterocycles. The Morgan fingerprint density at radius 1 is 1.35 bits per heavy atom. The predicted octanol–water partition coefficient (Wildman–Crippen LogP) is -0.767. The minimum absolute atomic E-state index is 0.217. The number of aryl methyl sites for hydroxylation is 1. The van der Waals surface area contributed by atoms with Crippen molar-refractivity contribution in [2.45, 2.75) is 11.7 Å². The highest BCUT2D eigenvalue weighted by Gasteiger charge is 2.24. The number of nitrogens with two attached hydrogens (primary N) is 1. The summed E-state index contributed by atoms with van der Waals surface area (Å²) in [5.74, 6) is 0. The molecule has 9 heteroatoms. The summed E-state index contributed by atoms with van der Waals surface area (Å²) in [6.45, 7) is 0.217. The molecule has 0 spiro atoms. The van der Waals surface area contributed by atoms with Crippen molar-refractivity contribution in [3.63, 3.8) is 0 Å². The van der Waals surface area contributed by atoms with Crippen molar-refractivity contribution in [2.24, 2.45) is 19.8 Å². The maximum atomic E-state index is 12.2. The maximum Gasteiger partial charge on any atom is 0.332 e. The Bertz CT molecular complexity index is 939. The number of imidazole rings is 1. The van der Waals surface area contributed by atoms with Gasteiger partial charge in [0.05, 0.1) is 12.2 Å². The van der Waals surface area contributed by atoms with Gasteiger partial charge in [-0.3, -0.25) is 13.9 Å². The largest absolute Gasteiger partial charge is 0.399 e. The van der Waals surface area contributed by atoms with E-state index in [-0.39, 0.29) is 6.54 Å². The molecule has 3 rings (SSSR count). The van der Waals surface area contributed by atoms with Gasteiger partial charge in [-0.25, -0.2) is 9.78 Å². The van der Waals surface area contributed by atoms with Crippen molar-refractivity contribution in [3.05, 3.63) is 31.4 Å². The predicted molar refractivity (Wildman–Crippen MR) is 72.9 cm³/mol. The summed E-state index contributed by atoms with van der Waals surface area (Å²) in [5, 5.41) is 9.48. The lowest BCUT2D eigenvalue weighted by Crippen LogP contribution is -2.37. The number of nitrogens with zero attached hydrogens (tertiary/aromatic N) is 5. The molecular weight excluding hydrogens is 280 g/mol. The Hall–Kier alpha value is -2.47. The van der Waals surface area contributed by atoms with E-state index in [9.17, 15) is 9.59 Å². The first kappa shape index (κ1) is 12.6. The Morgan fingerprint density at radius 2 is 2.05 bits per heavy atom. The molecule has 0 fully saturated rings. The van der Waals surface area contributed by atoms with E-state index in [1.807, 2.05) is 6.07 Å². The van der Waals surface area contributed by atoms with E-state index in [1.165, 1.54) is 11.6 Å². The minimum Gasteiger partial charge on any atom is -0.399 e. The molecule has 0 unspecified atom stereocenters. The zero-order chi connectivity index (χ0) is 14.6. The van der Waals surface area contributed by atoms with Gasteiger partial charge >= 0.3 is 5.69 Å². The van der Waals surface area contributed by atoms with Crippen LogP contribution in [0.5, 0.6) is 0 Å². The fourth-order valence-electron chi connectivity index (χ4n) is 2.14. The zero-order valence-electron chi connectivity index (χ0n) is 10.7. The molecule has 0 atom stereocenters. The molecule has 2 aromatic rings. The SMILES string of the molecule is Cn1c(=O)c2c(nc3n2CC(N)=C(C#N)S3)n(C)c1=O. The van der Waals surface area contributed by atoms with Gasteiger partial charge in [-0.1, -0.05) is 0 Å². The van der Waals surface area contributed by atoms with E-state index in [4.69, 9.17) is 11.0 Å². The van der Waals surface area contributed by atoms with E-state index >= 15 is 0 Å². The van der Waals surface area contributed by atoms with Crippen LogP contribution in [0.1, 0.15) is 0 Å². The van der Waals surface area contributed by atoms with E-state index in [0.29, 0.717) is 26.9 Å². The molecule has 20 heavy (non-hydrogen) atoms. The second-order valence-corrected chi connectivity index (χ2v) is 5.40. The third-order valence-corrected chi connectivity index (χ3v) is 4.28. The van der Waals surface area contributed by atoms with Crippen LogP contribution >= 0.6 is 11.8 Å². The van der Waals surface area contributed by atoms with Gasteiger partial charge in [-0.05, 0) is 11.8 Å². The molecule has 0 radical (unpaired) electrons. The molecule has 8 nitrogen and oxygen atoms in total. The van der Waals surface area contributed by atoms with Crippen LogP contribution in [0.4, 0.5) is 0 Å². The number of thioether (sulfide) groups is 1. The minimum atomic E-state index is -0.440. The normalized spacial score (nSPS) is 14.4. The van der Waals surface area contributed by atoms with Gasteiger partial charge in [-0.2, -0.15) is 5.26 Å². The van der Waals surface area contributed by atoms with Crippen molar-refractivity contribution in [2.75, 3.05) is 0 Å². The Balaban J connectivity index is 2.43. The molecule has 102 valence electrons. The lowest BCUT2D eigenvalue weighted by Gasteiger charge is -2.14. The highest BCUT2D eigenvalue weighted by Crippen LogP contribution is 2.33. The molecule has 0 bridgehead atoms. The highest BCUT2D eigenvalue weighted by molar-refractivity contribution is 8.03. The summed E-state index contributed by atoms with van der Waals surface area (Å²) >= 11 is 1.10. The quantitative estimate of drug-likeness (QED) is 0.682. The van der Waals surface area contributed by atoms with Gasteiger partial charge in [0.15, 0.2) is 16.3 Å². The molecule has 1 aliphatic rings. The van der Waals surface area contributed by atoms with Crippen LogP contribution in [0, 0.1) is 11.3 Å². The Kier molecular flexibility index (Phi) is 2.52. The zero-order valence-corrected chi connectivity index (χ0v) is 11.6. The van der Waals surface area contributed by atoms with E-state index in [1.54, 1.807) is 11.6 Å². The van der Waals surface area contributed by atoms with Gasteiger partial charge in [0.1, 0.15) is 11.0 Å². The van der Waals surface area contributed by atoms with Crippen molar-refractivity contribution < 1.29 is 0 Å². The fraction of sp³-hybridized carbons (Fsp3) is 0.273. The summed E-state index contributed by atoms with van der Waals surface area (Å²) in [5.41, 5.74) is 5.96. The van der Waals surface area contributed by atoms with Gasteiger partial charge in [0, 0.05) is 14.1 Å². The van der Waals surface area contributed by atoms with Crippen LogP contribution in [0.3, 0.4) is 0 Å². The molecule has 0 aromatic carbocycles. The number of fused-ring (bicyclic) bond motifs is 3. The smallest absolute Gasteiger partial charge is 0.332 e. The lowest BCUT2D eigenvalue weighted by atomic mass is 10.4. The van der Waals surface area contributed by atoms with Crippen molar-refractivity contribution >= 4 is 22.9 Å². The molecule has 3 heterocycles. The number of aromatic nitrogens is 4. The number of nitriles is 1. The van der Waals surface area contributed by atoms with Crippen LogP contribution in [-0.4, -0.2) is 18.7 Å². The van der Waals surface area contributed by atoms with Crippen molar-refractivity contribution in [1.82, 2.24) is 18.7 Å². The highest BCUT2D eigenvalue weighted by atomic mass is 32.2. The van der Waals surface area contributed by atoms with E-state index < -0.39 is 11.2 Å². The van der Waals surface area contributed by atoms with Crippen molar-refractivity contribution in [1.29, 1.82) is 5.26 Å². The first-order valence-electron chi connectivity index (χ1n) is 5.68. The second-order valence-electron chi connectivity index (χ2n) is 4.43. The molecule has 0 saturated heterocycles. The number of rotatable bonds is 0. The van der Waals surface area contributed by atoms with E-state index in [2.05, 4.69) is 4.98 Å². The number of hydrogen-bond donors (Lipinski definition) is 1. The molecule has 2 aromatic heterocycles. The summed E-state index contributed by atoms with van der Waals surface area (Å²) < 4.78 is 3.98. The molecule has 0 saturated carbocycles. The van der Waals surface area contributed by atoms with Gasteiger partial charge in [-0.15, -0.1) is 0 Å². The summed E-state index contributed by atoms with van der Waals surface area (Å²) in [7, 11) is 2.97. The average Bonchev–Trinajstić information content (AvgIpc) is 2.80. The summed E-state index contributed by atoms with van der Waals surface area (Å²) in [6.07, 6.45) is 0. The van der Waals surface area contributed by atoms with Crippen LogP contribution in [-0.2, 0) is 20.6 Å². The topological polar surface area (TPSA) is 112 Å². The lowest BCUT2D eigenvalue weighted by molar-refractivity contribution is 0.687. The summed E-state index contributed by atoms with van der Waals surface area (Å²) in [6, 6.07) is 2.00.